The second-order valence-corrected chi connectivity index (χ2v) is 6.64. The van der Waals surface area contributed by atoms with Crippen molar-refractivity contribution in [3.05, 3.63) is 71.8 Å². The lowest BCUT2D eigenvalue weighted by Gasteiger charge is -2.34. The van der Waals surface area contributed by atoms with E-state index in [1.165, 1.54) is 6.92 Å². The average molecular weight is 406 g/mol. The van der Waals surface area contributed by atoms with Crippen molar-refractivity contribution in [2.75, 3.05) is 6.54 Å². The Kier molecular flexibility index (Phi) is 7.81. The third-order valence-corrected chi connectivity index (χ3v) is 4.50. The molecule has 3 atom stereocenters. The average Bonchev–Trinajstić information content (AvgIpc) is 2.72. The summed E-state index contributed by atoms with van der Waals surface area (Å²) in [5.41, 5.74) is 6.15. The Morgan fingerprint density at radius 2 is 1.66 bits per heavy atom. The van der Waals surface area contributed by atoms with Gasteiger partial charge >= 0.3 is 6.09 Å². The van der Waals surface area contributed by atoms with E-state index in [4.69, 9.17) is 10.5 Å². The smallest absolute Gasteiger partial charge is 0.407 e. The molecule has 2 aromatic rings. The van der Waals surface area contributed by atoms with Crippen LogP contribution in [0.1, 0.15) is 24.0 Å². The Bertz CT molecular complexity index is 803. The molecule has 4 N–H and O–H groups in total. The summed E-state index contributed by atoms with van der Waals surface area (Å²) in [7, 11) is 0. The molecular weight excluding hydrogens is 382 g/mol. The van der Waals surface area contributed by atoms with E-state index in [9.17, 15) is 23.5 Å². The summed E-state index contributed by atoms with van der Waals surface area (Å²) in [5.74, 6) is -5.44. The van der Waals surface area contributed by atoms with Crippen molar-refractivity contribution < 1.29 is 28.2 Å². The third kappa shape index (κ3) is 6.07. The quantitative estimate of drug-likeness (QED) is 0.594. The molecule has 0 saturated heterocycles. The van der Waals surface area contributed by atoms with Gasteiger partial charge in [-0.2, -0.15) is 0 Å². The first-order valence-corrected chi connectivity index (χ1v) is 9.05. The van der Waals surface area contributed by atoms with Crippen molar-refractivity contribution >= 4 is 11.9 Å². The number of benzene rings is 2. The SMILES string of the molecule is CC(=O)C(c1ccccc1)C(NC(=O)OCc1ccccc1)C(O)C(F)(F)CN. The van der Waals surface area contributed by atoms with Gasteiger partial charge in [0.15, 0.2) is 0 Å². The molecule has 1 amide bonds. The minimum Gasteiger partial charge on any atom is -0.445 e. The van der Waals surface area contributed by atoms with Gasteiger partial charge in [-0.3, -0.25) is 4.79 Å². The first-order chi connectivity index (χ1) is 13.8. The zero-order chi connectivity index (χ0) is 21.4. The van der Waals surface area contributed by atoms with Gasteiger partial charge < -0.3 is 20.9 Å². The van der Waals surface area contributed by atoms with Crippen LogP contribution in [0.15, 0.2) is 60.7 Å². The number of alkyl carbamates (subject to hydrolysis) is 1. The fraction of sp³-hybridized carbons (Fsp3) is 0.333. The molecule has 156 valence electrons. The second-order valence-electron chi connectivity index (χ2n) is 6.64. The van der Waals surface area contributed by atoms with Gasteiger partial charge in [-0.15, -0.1) is 0 Å². The van der Waals surface area contributed by atoms with E-state index >= 15 is 0 Å². The summed E-state index contributed by atoms with van der Waals surface area (Å²) in [6.45, 7) is -0.0430. The molecule has 8 heteroatoms. The number of ether oxygens (including phenoxy) is 1. The molecule has 0 aliphatic rings. The fourth-order valence-corrected chi connectivity index (χ4v) is 2.98. The fourth-order valence-electron chi connectivity index (χ4n) is 2.98. The lowest BCUT2D eigenvalue weighted by Crippen LogP contribution is -2.57. The Hall–Kier alpha value is -2.84. The van der Waals surface area contributed by atoms with Crippen LogP contribution in [-0.2, 0) is 16.1 Å². The number of amides is 1. The van der Waals surface area contributed by atoms with Gasteiger partial charge in [0.2, 0.25) is 0 Å². The van der Waals surface area contributed by atoms with E-state index in [0.717, 1.165) is 0 Å². The molecule has 0 fully saturated rings. The maximum Gasteiger partial charge on any atom is 0.407 e. The van der Waals surface area contributed by atoms with Crippen LogP contribution in [0.5, 0.6) is 0 Å². The topological polar surface area (TPSA) is 102 Å². The number of aliphatic hydroxyl groups is 1. The number of Topliss-reactive ketones (excluding diaryl/α,β-unsaturated/α-hetero) is 1. The van der Waals surface area contributed by atoms with E-state index < -0.39 is 42.4 Å². The van der Waals surface area contributed by atoms with E-state index in [-0.39, 0.29) is 6.61 Å². The number of hydrogen-bond acceptors (Lipinski definition) is 5. The molecular formula is C21H24F2N2O4. The number of carbonyl (C=O) groups excluding carboxylic acids is 2. The molecule has 3 unspecified atom stereocenters. The molecule has 2 rings (SSSR count). The molecule has 0 bridgehead atoms. The number of ketones is 1. The highest BCUT2D eigenvalue weighted by atomic mass is 19.3. The Morgan fingerprint density at radius 1 is 1.10 bits per heavy atom. The molecule has 0 spiro atoms. The number of halogens is 2. The number of rotatable bonds is 9. The minimum absolute atomic E-state index is 0.0984. The van der Waals surface area contributed by atoms with Crippen LogP contribution in [0.4, 0.5) is 13.6 Å². The van der Waals surface area contributed by atoms with Crippen LogP contribution in [0.3, 0.4) is 0 Å². The van der Waals surface area contributed by atoms with Gasteiger partial charge in [0.05, 0.1) is 18.5 Å². The first kappa shape index (κ1) is 22.4. The number of aliphatic hydroxyl groups excluding tert-OH is 1. The Morgan fingerprint density at radius 3 is 2.17 bits per heavy atom. The number of carbonyl (C=O) groups is 2. The Labute approximate surface area is 167 Å². The van der Waals surface area contributed by atoms with E-state index in [1.54, 1.807) is 60.7 Å². The van der Waals surface area contributed by atoms with Gasteiger partial charge in [-0.1, -0.05) is 60.7 Å². The first-order valence-electron chi connectivity index (χ1n) is 9.05. The summed E-state index contributed by atoms with van der Waals surface area (Å²) in [6, 6.07) is 15.2. The number of nitrogens with two attached hydrogens (primary N) is 1. The van der Waals surface area contributed by atoms with E-state index in [0.29, 0.717) is 11.1 Å². The van der Waals surface area contributed by atoms with E-state index in [1.807, 2.05) is 0 Å². The molecule has 0 heterocycles. The minimum atomic E-state index is -3.72. The van der Waals surface area contributed by atoms with Gasteiger partial charge in [0.25, 0.3) is 5.92 Å². The molecule has 0 saturated carbocycles. The molecule has 2 aromatic carbocycles. The summed E-state index contributed by atoms with van der Waals surface area (Å²) < 4.78 is 33.4. The zero-order valence-electron chi connectivity index (χ0n) is 15.9. The van der Waals surface area contributed by atoms with Crippen LogP contribution in [0.25, 0.3) is 0 Å². The van der Waals surface area contributed by atoms with Crippen LogP contribution in [0, 0.1) is 0 Å². The number of nitrogens with one attached hydrogen (secondary N) is 1. The maximum atomic E-state index is 14.2. The van der Waals surface area contributed by atoms with Crippen molar-refractivity contribution in [3.63, 3.8) is 0 Å². The highest BCUT2D eigenvalue weighted by Gasteiger charge is 2.47. The van der Waals surface area contributed by atoms with Crippen molar-refractivity contribution in [3.8, 4) is 0 Å². The summed E-state index contributed by atoms with van der Waals surface area (Å²) in [4.78, 5) is 24.6. The summed E-state index contributed by atoms with van der Waals surface area (Å²) >= 11 is 0. The molecule has 0 aromatic heterocycles. The standard InChI is InChI=1S/C21H24F2N2O4/c1-14(26)17(16-10-6-3-7-11-16)18(19(27)21(22,23)13-24)25-20(28)29-12-15-8-4-2-5-9-15/h2-11,17-19,27H,12-13,24H2,1H3,(H,25,28). The maximum absolute atomic E-state index is 14.2. The number of alkyl halides is 2. The Balaban J connectivity index is 2.26. The second kappa shape index (κ2) is 10.1. The van der Waals surface area contributed by atoms with Gasteiger partial charge in [0.1, 0.15) is 18.5 Å². The van der Waals surface area contributed by atoms with Crippen LogP contribution >= 0.6 is 0 Å². The molecule has 0 aliphatic carbocycles. The molecule has 6 nitrogen and oxygen atoms in total. The van der Waals surface area contributed by atoms with Gasteiger partial charge in [0, 0.05) is 0 Å². The molecule has 0 aliphatic heterocycles. The monoisotopic (exact) mass is 406 g/mol. The van der Waals surface area contributed by atoms with Crippen molar-refractivity contribution in [2.45, 2.75) is 37.5 Å². The molecule has 29 heavy (non-hydrogen) atoms. The predicted octanol–water partition coefficient (Wildman–Crippen LogP) is 2.61. The lowest BCUT2D eigenvalue weighted by molar-refractivity contribution is -0.130. The largest absolute Gasteiger partial charge is 0.445 e. The predicted molar refractivity (Wildman–Crippen MR) is 103 cm³/mol. The lowest BCUT2D eigenvalue weighted by atomic mass is 9.83. The van der Waals surface area contributed by atoms with Crippen molar-refractivity contribution in [1.29, 1.82) is 0 Å². The highest BCUT2D eigenvalue weighted by Crippen LogP contribution is 2.30. The highest BCUT2D eigenvalue weighted by molar-refractivity contribution is 5.85. The van der Waals surface area contributed by atoms with Crippen LogP contribution in [-0.4, -0.2) is 41.6 Å². The summed E-state index contributed by atoms with van der Waals surface area (Å²) in [5, 5.41) is 12.5. The molecule has 0 radical (unpaired) electrons. The van der Waals surface area contributed by atoms with Crippen LogP contribution in [0.2, 0.25) is 0 Å². The van der Waals surface area contributed by atoms with E-state index in [2.05, 4.69) is 5.32 Å². The zero-order valence-corrected chi connectivity index (χ0v) is 15.9. The van der Waals surface area contributed by atoms with Crippen molar-refractivity contribution in [1.82, 2.24) is 5.32 Å². The normalized spacial score (nSPS) is 14.5. The summed E-state index contributed by atoms with van der Waals surface area (Å²) in [6.07, 6.45) is -3.43. The van der Waals surface area contributed by atoms with Crippen LogP contribution < -0.4 is 11.1 Å². The van der Waals surface area contributed by atoms with Gasteiger partial charge in [-0.25, -0.2) is 13.6 Å². The van der Waals surface area contributed by atoms with Gasteiger partial charge in [-0.05, 0) is 18.1 Å². The third-order valence-electron chi connectivity index (χ3n) is 4.50. The van der Waals surface area contributed by atoms with Crippen molar-refractivity contribution in [2.24, 2.45) is 5.73 Å². The number of hydrogen-bond donors (Lipinski definition) is 3.